The van der Waals surface area contributed by atoms with Crippen LogP contribution in [0.3, 0.4) is 0 Å². The van der Waals surface area contributed by atoms with Gasteiger partial charge in [-0.25, -0.2) is 9.59 Å². The van der Waals surface area contributed by atoms with Gasteiger partial charge in [0.05, 0.1) is 38.1 Å². The summed E-state index contributed by atoms with van der Waals surface area (Å²) in [6.07, 6.45) is 0. The van der Waals surface area contributed by atoms with Gasteiger partial charge in [-0.3, -0.25) is 9.59 Å². The summed E-state index contributed by atoms with van der Waals surface area (Å²) >= 11 is 0. The molecule has 0 radical (unpaired) electrons. The summed E-state index contributed by atoms with van der Waals surface area (Å²) in [6.45, 7) is 5.71. The second-order valence-electron chi connectivity index (χ2n) is 7.40. The standard InChI is InChI=1S/C19H27N3O6/c1-19(2,3)21-16(24)11-22(4)10-15(23)20-14-9-12(17(25)27-5)7-8-13(14)18(26)28-6/h7-9H,10-11H2,1-6H3,(H,20,23)(H,21,24)/p+1. The molecule has 2 amide bonds. The highest BCUT2D eigenvalue weighted by atomic mass is 16.5. The Morgan fingerprint density at radius 3 is 2.07 bits per heavy atom. The molecule has 1 aromatic rings. The van der Waals surface area contributed by atoms with Crippen LogP contribution in [0.1, 0.15) is 41.5 Å². The van der Waals surface area contributed by atoms with Gasteiger partial charge < -0.3 is 25.0 Å². The van der Waals surface area contributed by atoms with Crippen LogP contribution in [-0.2, 0) is 19.1 Å². The number of esters is 2. The second-order valence-corrected chi connectivity index (χ2v) is 7.40. The highest BCUT2D eigenvalue weighted by Crippen LogP contribution is 2.19. The molecule has 3 N–H and O–H groups in total. The number of ether oxygens (including phenoxy) is 2. The Kier molecular flexibility index (Phi) is 8.12. The van der Waals surface area contributed by atoms with Crippen LogP contribution in [0.15, 0.2) is 18.2 Å². The van der Waals surface area contributed by atoms with Crippen LogP contribution in [-0.4, -0.2) is 63.6 Å². The summed E-state index contributed by atoms with van der Waals surface area (Å²) < 4.78 is 9.36. The van der Waals surface area contributed by atoms with E-state index in [9.17, 15) is 19.2 Å². The molecule has 1 rings (SSSR count). The van der Waals surface area contributed by atoms with Gasteiger partial charge in [0.15, 0.2) is 13.1 Å². The second kappa shape index (κ2) is 9.84. The topological polar surface area (TPSA) is 115 Å². The summed E-state index contributed by atoms with van der Waals surface area (Å²) in [5.41, 5.74) is 0.0534. The summed E-state index contributed by atoms with van der Waals surface area (Å²) in [5.74, 6) is -1.86. The predicted octanol–water partition coefficient (Wildman–Crippen LogP) is -0.372. The molecule has 9 heteroatoms. The molecule has 1 unspecified atom stereocenters. The van der Waals surface area contributed by atoms with E-state index in [1.807, 2.05) is 20.8 Å². The lowest BCUT2D eigenvalue weighted by atomic mass is 10.1. The van der Waals surface area contributed by atoms with Crippen molar-refractivity contribution in [2.75, 3.05) is 39.7 Å². The van der Waals surface area contributed by atoms with Gasteiger partial charge in [0, 0.05) is 5.54 Å². The zero-order valence-electron chi connectivity index (χ0n) is 17.1. The molecular formula is C19H28N3O6+. The van der Waals surface area contributed by atoms with Crippen molar-refractivity contribution in [2.24, 2.45) is 0 Å². The number of anilines is 1. The molecule has 0 heterocycles. The lowest BCUT2D eigenvalue weighted by Crippen LogP contribution is -3.11. The van der Waals surface area contributed by atoms with Crippen LogP contribution in [0.2, 0.25) is 0 Å². The molecule has 1 atom stereocenters. The zero-order chi connectivity index (χ0) is 21.5. The van der Waals surface area contributed by atoms with Crippen molar-refractivity contribution >= 4 is 29.4 Å². The number of hydrogen-bond acceptors (Lipinski definition) is 6. The zero-order valence-corrected chi connectivity index (χ0v) is 17.1. The van der Waals surface area contributed by atoms with E-state index >= 15 is 0 Å². The Balaban J connectivity index is 2.87. The van der Waals surface area contributed by atoms with E-state index in [0.717, 1.165) is 0 Å². The maximum atomic E-state index is 12.4. The van der Waals surface area contributed by atoms with Gasteiger partial charge in [-0.15, -0.1) is 0 Å². The molecule has 0 bridgehead atoms. The molecule has 9 nitrogen and oxygen atoms in total. The Hall–Kier alpha value is -2.94. The first-order valence-electron chi connectivity index (χ1n) is 8.69. The maximum Gasteiger partial charge on any atom is 0.339 e. The van der Waals surface area contributed by atoms with Gasteiger partial charge in [0.1, 0.15) is 0 Å². The molecule has 0 fully saturated rings. The number of carbonyl (C=O) groups is 4. The van der Waals surface area contributed by atoms with E-state index in [2.05, 4.69) is 15.4 Å². The molecular weight excluding hydrogens is 366 g/mol. The molecule has 0 aliphatic rings. The first-order chi connectivity index (χ1) is 13.0. The van der Waals surface area contributed by atoms with E-state index in [1.165, 1.54) is 32.4 Å². The Labute approximate surface area is 164 Å². The molecule has 1 aromatic carbocycles. The van der Waals surface area contributed by atoms with Gasteiger partial charge in [-0.1, -0.05) is 0 Å². The highest BCUT2D eigenvalue weighted by molar-refractivity contribution is 6.03. The van der Waals surface area contributed by atoms with Gasteiger partial charge in [0.2, 0.25) is 0 Å². The monoisotopic (exact) mass is 394 g/mol. The SMILES string of the molecule is COC(=O)c1ccc(C(=O)OC)c(NC(=O)C[NH+](C)CC(=O)NC(C)(C)C)c1. The normalized spacial score (nSPS) is 11.9. The van der Waals surface area contributed by atoms with Crippen molar-refractivity contribution < 1.29 is 33.6 Å². The number of benzene rings is 1. The van der Waals surface area contributed by atoms with Gasteiger partial charge in [-0.2, -0.15) is 0 Å². The molecule has 0 saturated heterocycles. The summed E-state index contributed by atoms with van der Waals surface area (Å²) in [4.78, 5) is 48.6. The van der Waals surface area contributed by atoms with Crippen molar-refractivity contribution in [1.29, 1.82) is 0 Å². The van der Waals surface area contributed by atoms with E-state index in [-0.39, 0.29) is 41.3 Å². The number of hydrogen-bond donors (Lipinski definition) is 3. The van der Waals surface area contributed by atoms with Crippen molar-refractivity contribution in [2.45, 2.75) is 26.3 Å². The number of likely N-dealkylation sites (N-methyl/N-ethyl adjacent to an activating group) is 1. The van der Waals surface area contributed by atoms with Crippen molar-refractivity contribution in [1.82, 2.24) is 5.32 Å². The number of carbonyl (C=O) groups excluding carboxylic acids is 4. The third kappa shape index (κ3) is 7.36. The van der Waals surface area contributed by atoms with Crippen LogP contribution in [0, 0.1) is 0 Å². The predicted molar refractivity (Wildman–Crippen MR) is 102 cm³/mol. The summed E-state index contributed by atoms with van der Waals surface area (Å²) in [5, 5.41) is 5.42. The average Bonchev–Trinajstić information content (AvgIpc) is 2.58. The maximum absolute atomic E-state index is 12.4. The number of rotatable bonds is 7. The minimum absolute atomic E-state index is 0.0133. The van der Waals surface area contributed by atoms with Crippen LogP contribution < -0.4 is 15.5 Å². The minimum atomic E-state index is -0.656. The lowest BCUT2D eigenvalue weighted by molar-refractivity contribution is -0.862. The van der Waals surface area contributed by atoms with Crippen LogP contribution in [0.5, 0.6) is 0 Å². The fourth-order valence-corrected chi connectivity index (χ4v) is 2.45. The molecule has 0 spiro atoms. The molecule has 0 aromatic heterocycles. The Morgan fingerprint density at radius 2 is 1.54 bits per heavy atom. The minimum Gasteiger partial charge on any atom is -0.465 e. The smallest absolute Gasteiger partial charge is 0.339 e. The first kappa shape index (κ1) is 23.1. The first-order valence-corrected chi connectivity index (χ1v) is 8.69. The van der Waals surface area contributed by atoms with Gasteiger partial charge in [-0.05, 0) is 39.0 Å². The van der Waals surface area contributed by atoms with Crippen LogP contribution in [0.25, 0.3) is 0 Å². The van der Waals surface area contributed by atoms with Crippen LogP contribution >= 0.6 is 0 Å². The third-order valence-electron chi connectivity index (χ3n) is 3.56. The number of quaternary nitrogens is 1. The number of nitrogens with one attached hydrogen (secondary N) is 3. The van der Waals surface area contributed by atoms with Crippen molar-refractivity contribution in [3.05, 3.63) is 29.3 Å². The van der Waals surface area contributed by atoms with E-state index in [4.69, 9.17) is 4.74 Å². The van der Waals surface area contributed by atoms with E-state index in [1.54, 1.807) is 7.05 Å². The van der Waals surface area contributed by atoms with Crippen molar-refractivity contribution in [3.8, 4) is 0 Å². The van der Waals surface area contributed by atoms with Gasteiger partial charge >= 0.3 is 11.9 Å². The number of methoxy groups -OCH3 is 2. The quantitative estimate of drug-likeness (QED) is 0.544. The molecule has 0 aliphatic heterocycles. The fraction of sp³-hybridized carbons (Fsp3) is 0.474. The summed E-state index contributed by atoms with van der Waals surface area (Å²) in [7, 11) is 4.15. The summed E-state index contributed by atoms with van der Waals surface area (Å²) in [6, 6.07) is 4.13. The Bertz CT molecular complexity index is 755. The molecule has 0 aliphatic carbocycles. The third-order valence-corrected chi connectivity index (χ3v) is 3.56. The number of amides is 2. The average molecular weight is 394 g/mol. The van der Waals surface area contributed by atoms with Crippen LogP contribution in [0.4, 0.5) is 5.69 Å². The fourth-order valence-electron chi connectivity index (χ4n) is 2.45. The van der Waals surface area contributed by atoms with Crippen molar-refractivity contribution in [3.63, 3.8) is 0 Å². The Morgan fingerprint density at radius 1 is 0.964 bits per heavy atom. The molecule has 0 saturated carbocycles. The van der Waals surface area contributed by atoms with Gasteiger partial charge in [0.25, 0.3) is 11.8 Å². The molecule has 154 valence electrons. The van der Waals surface area contributed by atoms with E-state index < -0.39 is 17.8 Å². The van der Waals surface area contributed by atoms with E-state index in [0.29, 0.717) is 4.90 Å². The lowest BCUT2D eigenvalue weighted by Gasteiger charge is -2.21. The highest BCUT2D eigenvalue weighted by Gasteiger charge is 2.21. The molecule has 28 heavy (non-hydrogen) atoms. The largest absolute Gasteiger partial charge is 0.465 e.